The summed E-state index contributed by atoms with van der Waals surface area (Å²) in [6, 6.07) is 14.7. The van der Waals surface area contributed by atoms with Gasteiger partial charge in [0.25, 0.3) is 0 Å². The SMILES string of the molecule is CCn1c(CS(=O)(=O)c2ccc(C)cc2)nnc1SCc1nc2ccccc2[nH]1. The number of nitrogens with zero attached hydrogens (tertiary/aromatic N) is 4. The van der Waals surface area contributed by atoms with Crippen LogP contribution in [0, 0.1) is 6.92 Å². The van der Waals surface area contributed by atoms with E-state index in [2.05, 4.69) is 20.2 Å². The molecule has 7 nitrogen and oxygen atoms in total. The van der Waals surface area contributed by atoms with Crippen molar-refractivity contribution in [3.63, 3.8) is 0 Å². The molecule has 9 heteroatoms. The molecule has 0 unspecified atom stereocenters. The number of thioether (sulfide) groups is 1. The highest BCUT2D eigenvalue weighted by Crippen LogP contribution is 2.24. The molecule has 2 aromatic carbocycles. The number of para-hydroxylation sites is 2. The summed E-state index contributed by atoms with van der Waals surface area (Å²) in [4.78, 5) is 8.15. The van der Waals surface area contributed by atoms with Crippen molar-refractivity contribution in [1.82, 2.24) is 24.7 Å². The van der Waals surface area contributed by atoms with Crippen LogP contribution in [-0.2, 0) is 27.9 Å². The van der Waals surface area contributed by atoms with Crippen LogP contribution in [0.2, 0.25) is 0 Å². The monoisotopic (exact) mass is 427 g/mol. The van der Waals surface area contributed by atoms with Crippen molar-refractivity contribution in [1.29, 1.82) is 0 Å². The Bertz CT molecular complexity index is 1210. The summed E-state index contributed by atoms with van der Waals surface area (Å²) >= 11 is 1.49. The zero-order chi connectivity index (χ0) is 20.4. The van der Waals surface area contributed by atoms with Crippen molar-refractivity contribution >= 4 is 32.6 Å². The van der Waals surface area contributed by atoms with Crippen molar-refractivity contribution in [3.8, 4) is 0 Å². The molecule has 0 fully saturated rings. The second-order valence-electron chi connectivity index (χ2n) is 6.70. The Labute approximate surface area is 173 Å². The van der Waals surface area contributed by atoms with Crippen LogP contribution in [0.1, 0.15) is 24.1 Å². The molecule has 0 radical (unpaired) electrons. The summed E-state index contributed by atoms with van der Waals surface area (Å²) < 4.78 is 27.4. The molecule has 0 spiro atoms. The number of H-pyrrole nitrogens is 1. The smallest absolute Gasteiger partial charge is 0.191 e. The first-order valence-corrected chi connectivity index (χ1v) is 11.9. The quantitative estimate of drug-likeness (QED) is 0.452. The average molecular weight is 428 g/mol. The van der Waals surface area contributed by atoms with Crippen molar-refractivity contribution < 1.29 is 8.42 Å². The van der Waals surface area contributed by atoms with Gasteiger partial charge in [0.1, 0.15) is 17.4 Å². The molecule has 0 saturated heterocycles. The minimum Gasteiger partial charge on any atom is -0.341 e. The lowest BCUT2D eigenvalue weighted by Crippen LogP contribution is -2.11. The predicted octanol–water partition coefficient (Wildman–Crippen LogP) is 3.75. The molecule has 0 aliphatic carbocycles. The summed E-state index contributed by atoms with van der Waals surface area (Å²) in [5.74, 6) is 1.70. The van der Waals surface area contributed by atoms with Crippen LogP contribution >= 0.6 is 11.8 Å². The Morgan fingerprint density at radius 2 is 1.83 bits per heavy atom. The number of nitrogens with one attached hydrogen (secondary N) is 1. The van der Waals surface area contributed by atoms with E-state index in [0.717, 1.165) is 22.4 Å². The number of aryl methyl sites for hydroxylation is 1. The molecule has 150 valence electrons. The Balaban J connectivity index is 1.52. The van der Waals surface area contributed by atoms with Gasteiger partial charge in [0, 0.05) is 6.54 Å². The molecule has 4 rings (SSSR count). The number of sulfone groups is 1. The van der Waals surface area contributed by atoms with E-state index in [1.807, 2.05) is 42.7 Å². The number of hydrogen-bond acceptors (Lipinski definition) is 6. The number of rotatable bonds is 7. The van der Waals surface area contributed by atoms with Gasteiger partial charge in [-0.25, -0.2) is 13.4 Å². The fraction of sp³-hybridized carbons (Fsp3) is 0.250. The molecule has 29 heavy (non-hydrogen) atoms. The minimum atomic E-state index is -3.48. The Hall–Kier alpha value is -2.65. The van der Waals surface area contributed by atoms with E-state index in [1.165, 1.54) is 11.8 Å². The third-order valence-corrected chi connectivity index (χ3v) is 7.19. The largest absolute Gasteiger partial charge is 0.341 e. The molecule has 0 saturated carbocycles. The van der Waals surface area contributed by atoms with Gasteiger partial charge in [0.2, 0.25) is 0 Å². The summed E-state index contributed by atoms with van der Waals surface area (Å²) in [7, 11) is -3.48. The Morgan fingerprint density at radius 1 is 1.07 bits per heavy atom. The molecule has 0 amide bonds. The van der Waals surface area contributed by atoms with Crippen LogP contribution in [0.4, 0.5) is 0 Å². The Morgan fingerprint density at radius 3 is 2.55 bits per heavy atom. The van der Waals surface area contributed by atoms with Crippen molar-refractivity contribution in [2.45, 2.75) is 41.9 Å². The zero-order valence-electron chi connectivity index (χ0n) is 16.2. The molecular weight excluding hydrogens is 406 g/mol. The predicted molar refractivity (Wildman–Crippen MR) is 113 cm³/mol. The topological polar surface area (TPSA) is 93.5 Å². The van der Waals surface area contributed by atoms with E-state index in [-0.39, 0.29) is 5.75 Å². The van der Waals surface area contributed by atoms with Crippen molar-refractivity contribution in [2.75, 3.05) is 0 Å². The molecule has 4 aromatic rings. The van der Waals surface area contributed by atoms with Gasteiger partial charge in [-0.3, -0.25) is 0 Å². The van der Waals surface area contributed by atoms with Gasteiger partial charge in [-0.15, -0.1) is 10.2 Å². The first kappa shape index (κ1) is 19.7. The molecule has 0 atom stereocenters. The highest BCUT2D eigenvalue weighted by atomic mass is 32.2. The summed E-state index contributed by atoms with van der Waals surface area (Å²) in [6.45, 7) is 4.47. The van der Waals surface area contributed by atoms with E-state index in [9.17, 15) is 8.42 Å². The number of aromatic nitrogens is 5. The van der Waals surface area contributed by atoms with E-state index < -0.39 is 9.84 Å². The average Bonchev–Trinajstić information content (AvgIpc) is 3.29. The molecule has 2 aromatic heterocycles. The standard InChI is InChI=1S/C20H21N5O2S2/c1-3-25-19(13-29(26,27)15-10-8-14(2)9-11-15)23-24-20(25)28-12-18-21-16-6-4-5-7-17(16)22-18/h4-11H,3,12-13H2,1-2H3,(H,21,22). The fourth-order valence-corrected chi connectivity index (χ4v) is 5.22. The van der Waals surface area contributed by atoms with Gasteiger partial charge in [-0.2, -0.15) is 0 Å². The van der Waals surface area contributed by atoms with Gasteiger partial charge >= 0.3 is 0 Å². The lowest BCUT2D eigenvalue weighted by molar-refractivity contribution is 0.588. The first-order chi connectivity index (χ1) is 14.0. The second-order valence-corrected chi connectivity index (χ2v) is 9.64. The molecule has 1 N–H and O–H groups in total. The third-order valence-electron chi connectivity index (χ3n) is 4.59. The van der Waals surface area contributed by atoms with E-state index in [4.69, 9.17) is 0 Å². The van der Waals surface area contributed by atoms with E-state index in [1.54, 1.807) is 24.3 Å². The lowest BCUT2D eigenvalue weighted by Gasteiger charge is -2.08. The molecule has 0 aliphatic heterocycles. The van der Waals surface area contributed by atoms with Crippen LogP contribution in [0.25, 0.3) is 11.0 Å². The number of aromatic amines is 1. The van der Waals surface area contributed by atoms with Crippen LogP contribution in [0.5, 0.6) is 0 Å². The maximum absolute atomic E-state index is 12.8. The summed E-state index contributed by atoms with van der Waals surface area (Å²) in [5, 5.41) is 9.05. The highest BCUT2D eigenvalue weighted by molar-refractivity contribution is 7.98. The van der Waals surface area contributed by atoms with Crippen LogP contribution in [0.15, 0.2) is 58.6 Å². The number of benzene rings is 2. The zero-order valence-corrected chi connectivity index (χ0v) is 17.8. The molecule has 0 bridgehead atoms. The van der Waals surface area contributed by atoms with Gasteiger partial charge in [-0.1, -0.05) is 41.6 Å². The van der Waals surface area contributed by atoms with Gasteiger partial charge < -0.3 is 9.55 Å². The highest BCUT2D eigenvalue weighted by Gasteiger charge is 2.21. The van der Waals surface area contributed by atoms with E-state index >= 15 is 0 Å². The minimum absolute atomic E-state index is 0.178. The van der Waals surface area contributed by atoms with Crippen LogP contribution in [-0.4, -0.2) is 33.2 Å². The van der Waals surface area contributed by atoms with Gasteiger partial charge in [-0.05, 0) is 38.1 Å². The third kappa shape index (κ3) is 4.20. The van der Waals surface area contributed by atoms with Crippen LogP contribution < -0.4 is 0 Å². The fourth-order valence-electron chi connectivity index (χ4n) is 3.06. The normalized spacial score (nSPS) is 11.9. The molecule has 0 aliphatic rings. The Kier molecular flexibility index (Phi) is 5.42. The maximum Gasteiger partial charge on any atom is 0.191 e. The van der Waals surface area contributed by atoms with Crippen molar-refractivity contribution in [2.24, 2.45) is 0 Å². The number of hydrogen-bond donors (Lipinski definition) is 1. The lowest BCUT2D eigenvalue weighted by atomic mass is 10.2. The van der Waals surface area contributed by atoms with Crippen LogP contribution in [0.3, 0.4) is 0 Å². The molecular formula is C20H21N5O2S2. The second kappa shape index (κ2) is 8.00. The maximum atomic E-state index is 12.8. The van der Waals surface area contributed by atoms with Crippen molar-refractivity contribution in [3.05, 3.63) is 65.7 Å². The molecule has 2 heterocycles. The number of imidazole rings is 1. The summed E-state index contributed by atoms with van der Waals surface area (Å²) in [6.07, 6.45) is 0. The first-order valence-electron chi connectivity index (χ1n) is 9.24. The van der Waals surface area contributed by atoms with Gasteiger partial charge in [0.15, 0.2) is 15.0 Å². The number of fused-ring (bicyclic) bond motifs is 1. The van der Waals surface area contributed by atoms with Gasteiger partial charge in [0.05, 0.1) is 21.7 Å². The summed E-state index contributed by atoms with van der Waals surface area (Å²) in [5.41, 5.74) is 2.93. The van der Waals surface area contributed by atoms with E-state index in [0.29, 0.717) is 28.2 Å².